The molecular weight excluding hydrogens is 315 g/mol. The van der Waals surface area contributed by atoms with Crippen LogP contribution >= 0.6 is 0 Å². The fourth-order valence-corrected chi connectivity index (χ4v) is 2.20. The minimum absolute atomic E-state index is 0.0300. The highest BCUT2D eigenvalue weighted by atomic mass is 35.1. The molecule has 1 N–H and O–H groups in total. The van der Waals surface area contributed by atoms with Crippen molar-refractivity contribution < 1.29 is 27.6 Å². The van der Waals surface area contributed by atoms with Gasteiger partial charge in [-0.3, -0.25) is 9.59 Å². The van der Waals surface area contributed by atoms with Gasteiger partial charge in [0.1, 0.15) is 0 Å². The van der Waals surface area contributed by atoms with Crippen LogP contribution in [-0.2, 0) is 31.0 Å². The summed E-state index contributed by atoms with van der Waals surface area (Å²) >= 11 is 0. The van der Waals surface area contributed by atoms with Gasteiger partial charge in [0.05, 0.1) is 11.8 Å². The van der Waals surface area contributed by atoms with Gasteiger partial charge >= 0.3 is 5.97 Å². The Hall–Kier alpha value is -2.26. The molecule has 8 nitrogen and oxygen atoms in total. The van der Waals surface area contributed by atoms with Crippen LogP contribution in [0.3, 0.4) is 0 Å². The van der Waals surface area contributed by atoms with Crippen LogP contribution < -0.4 is 4.72 Å². The van der Waals surface area contributed by atoms with E-state index in [9.17, 15) is 22.8 Å². The maximum absolute atomic E-state index is 11.8. The molecule has 0 spiro atoms. The van der Waals surface area contributed by atoms with Crippen LogP contribution in [0.2, 0.25) is 0 Å². The first-order valence-corrected chi connectivity index (χ1v) is 8.27. The number of hydrogen-bond acceptors (Lipinski definition) is 6. The first kappa shape index (κ1) is 16.1. The van der Waals surface area contributed by atoms with E-state index in [4.69, 9.17) is 4.84 Å². The van der Waals surface area contributed by atoms with Crippen molar-refractivity contribution in [2.45, 2.75) is 19.4 Å². The summed E-state index contributed by atoms with van der Waals surface area (Å²) in [5, 5.41) is 0.474. The van der Waals surface area contributed by atoms with Gasteiger partial charge in [0.25, 0.3) is 11.8 Å². The van der Waals surface area contributed by atoms with Gasteiger partial charge in [0, 0.05) is 19.4 Å². The Kier molecular flexibility index (Phi) is 4.57. The number of amides is 2. The SMILES string of the molecule is C[35S](=O)(=O)NCc1ccc(C(=O)ON2C(=O)CCC2=O)cc1. The number of imide groups is 1. The van der Waals surface area contributed by atoms with Gasteiger partial charge in [-0.1, -0.05) is 12.1 Å². The highest BCUT2D eigenvalue weighted by molar-refractivity contribution is 7.88. The maximum atomic E-state index is 11.8. The van der Waals surface area contributed by atoms with Crippen LogP contribution in [0.25, 0.3) is 0 Å². The molecule has 2 amide bonds. The largest absolute Gasteiger partial charge is 0.363 e. The molecule has 0 atom stereocenters. The predicted molar refractivity (Wildman–Crippen MR) is 74.6 cm³/mol. The van der Waals surface area contributed by atoms with Crippen molar-refractivity contribution >= 4 is 27.8 Å². The monoisotopic (exact) mass is 329 g/mol. The zero-order chi connectivity index (χ0) is 16.3. The van der Waals surface area contributed by atoms with Crippen LogP contribution in [0.1, 0.15) is 28.8 Å². The molecular formula is C13H14N2O6S. The van der Waals surface area contributed by atoms with Gasteiger partial charge in [0.15, 0.2) is 0 Å². The number of carbonyl (C=O) groups is 3. The molecule has 1 aromatic rings. The van der Waals surface area contributed by atoms with E-state index in [2.05, 4.69) is 4.72 Å². The molecule has 118 valence electrons. The van der Waals surface area contributed by atoms with Crippen molar-refractivity contribution in [3.8, 4) is 0 Å². The number of hydrogen-bond donors (Lipinski definition) is 1. The number of carbonyl (C=O) groups excluding carboxylic acids is 3. The second-order valence-electron chi connectivity index (χ2n) is 4.75. The summed E-state index contributed by atoms with van der Waals surface area (Å²) in [6, 6.07) is 5.93. The summed E-state index contributed by atoms with van der Waals surface area (Å²) in [6.45, 7) is 0.0945. The lowest BCUT2D eigenvalue weighted by Crippen LogP contribution is -2.32. The smallest absolute Gasteiger partial charge is 0.325 e. The summed E-state index contributed by atoms with van der Waals surface area (Å²) in [4.78, 5) is 39.3. The zero-order valence-corrected chi connectivity index (χ0v) is 12.6. The zero-order valence-electron chi connectivity index (χ0n) is 11.7. The van der Waals surface area contributed by atoms with Crippen LogP contribution in [0.4, 0.5) is 0 Å². The van der Waals surface area contributed by atoms with Crippen LogP contribution in [-0.4, -0.2) is 37.5 Å². The van der Waals surface area contributed by atoms with Gasteiger partial charge in [-0.2, -0.15) is 0 Å². The molecule has 0 aromatic heterocycles. The first-order chi connectivity index (χ1) is 10.3. The van der Waals surface area contributed by atoms with Crippen LogP contribution in [0.15, 0.2) is 24.3 Å². The number of nitrogens with one attached hydrogen (secondary N) is 1. The molecule has 0 radical (unpaired) electrons. The summed E-state index contributed by atoms with van der Waals surface area (Å²) in [5.74, 6) is -1.93. The van der Waals surface area contributed by atoms with Crippen molar-refractivity contribution in [3.05, 3.63) is 35.4 Å². The third kappa shape index (κ3) is 4.12. The van der Waals surface area contributed by atoms with Crippen molar-refractivity contribution in [2.24, 2.45) is 0 Å². The Labute approximate surface area is 127 Å². The van der Waals surface area contributed by atoms with E-state index in [-0.39, 0.29) is 24.9 Å². The topological polar surface area (TPSA) is 110 Å². The number of hydroxylamine groups is 2. The quantitative estimate of drug-likeness (QED) is 0.759. The second-order valence-corrected chi connectivity index (χ2v) is 6.58. The average molecular weight is 329 g/mol. The molecule has 0 saturated carbocycles. The Morgan fingerprint density at radius 1 is 1.18 bits per heavy atom. The minimum atomic E-state index is -3.30. The highest BCUT2D eigenvalue weighted by Gasteiger charge is 2.33. The average Bonchev–Trinajstić information content (AvgIpc) is 2.77. The van der Waals surface area contributed by atoms with Crippen LogP contribution in [0, 0.1) is 0 Å². The Balaban J connectivity index is 1.99. The maximum Gasteiger partial charge on any atom is 0.363 e. The van der Waals surface area contributed by atoms with Gasteiger partial charge in [-0.15, -0.1) is 5.06 Å². The molecule has 1 fully saturated rings. The Bertz CT molecular complexity index is 695. The molecule has 0 aliphatic carbocycles. The van der Waals surface area contributed by atoms with Gasteiger partial charge < -0.3 is 4.84 Å². The second kappa shape index (κ2) is 6.24. The lowest BCUT2D eigenvalue weighted by atomic mass is 10.1. The number of rotatable bonds is 5. The molecule has 1 aliphatic heterocycles. The first-order valence-electron chi connectivity index (χ1n) is 6.38. The lowest BCUT2D eigenvalue weighted by molar-refractivity contribution is -0.172. The van der Waals surface area contributed by atoms with E-state index in [0.717, 1.165) is 6.26 Å². The summed E-state index contributed by atoms with van der Waals surface area (Å²) in [7, 11) is -3.30. The molecule has 0 bridgehead atoms. The Morgan fingerprint density at radius 3 is 2.23 bits per heavy atom. The van der Waals surface area contributed by atoms with Crippen molar-refractivity contribution in [2.75, 3.05) is 6.26 Å². The predicted octanol–water partition coefficient (Wildman–Crippen LogP) is -0.0434. The van der Waals surface area contributed by atoms with Crippen LogP contribution in [0.5, 0.6) is 0 Å². The summed E-state index contributed by atoms with van der Waals surface area (Å²) < 4.78 is 24.3. The fourth-order valence-electron chi connectivity index (χ4n) is 1.77. The summed E-state index contributed by atoms with van der Waals surface area (Å²) in [6.07, 6.45) is 1.10. The normalized spacial score (nSPS) is 15.2. The van der Waals surface area contributed by atoms with Gasteiger partial charge in [0.2, 0.25) is 10.0 Å². The highest BCUT2D eigenvalue weighted by Crippen LogP contribution is 2.14. The minimum Gasteiger partial charge on any atom is -0.325 e. The third-order valence-electron chi connectivity index (χ3n) is 2.91. The number of nitrogens with zero attached hydrogens (tertiary/aromatic N) is 1. The van der Waals surface area contributed by atoms with E-state index in [1.807, 2.05) is 0 Å². The molecule has 1 aromatic carbocycles. The molecule has 9 heteroatoms. The Morgan fingerprint density at radius 2 is 1.73 bits per heavy atom. The molecule has 1 heterocycles. The third-order valence-corrected chi connectivity index (χ3v) is 3.58. The van der Waals surface area contributed by atoms with Crippen molar-refractivity contribution in [1.29, 1.82) is 0 Å². The molecule has 1 aliphatic rings. The van der Waals surface area contributed by atoms with Crippen molar-refractivity contribution in [1.82, 2.24) is 9.79 Å². The van der Waals surface area contributed by atoms with E-state index >= 15 is 0 Å². The fraction of sp³-hybridized carbons (Fsp3) is 0.308. The van der Waals surface area contributed by atoms with E-state index in [1.165, 1.54) is 12.1 Å². The summed E-state index contributed by atoms with van der Waals surface area (Å²) in [5.41, 5.74) is 0.797. The van der Waals surface area contributed by atoms with E-state index in [0.29, 0.717) is 10.6 Å². The molecule has 2 rings (SSSR count). The number of benzene rings is 1. The molecule has 0 unspecified atom stereocenters. The van der Waals surface area contributed by atoms with Gasteiger partial charge in [-0.05, 0) is 17.7 Å². The standard InChI is InChI=1S/C13H14N2O6S/c1-22(19,20)14-8-9-2-4-10(5-3-9)13(18)21-15-11(16)6-7-12(15)17/h2-5,14H,6-8H2,1H3/i22+3. The van der Waals surface area contributed by atoms with E-state index in [1.54, 1.807) is 12.1 Å². The lowest BCUT2D eigenvalue weighted by Gasteiger charge is -2.12. The number of sulfonamides is 1. The van der Waals surface area contributed by atoms with Gasteiger partial charge in [-0.25, -0.2) is 17.9 Å². The van der Waals surface area contributed by atoms with E-state index < -0.39 is 27.8 Å². The molecule has 1 saturated heterocycles. The molecule has 22 heavy (non-hydrogen) atoms. The van der Waals surface area contributed by atoms with Crippen molar-refractivity contribution in [3.63, 3.8) is 0 Å².